The van der Waals surface area contributed by atoms with Crippen molar-refractivity contribution < 1.29 is 24.9 Å². The highest BCUT2D eigenvalue weighted by Gasteiger charge is 2.54. The number of aliphatic hydroxyl groups is 3. The summed E-state index contributed by atoms with van der Waals surface area (Å²) in [6, 6.07) is 0. The van der Waals surface area contributed by atoms with Crippen molar-refractivity contribution in [1.82, 2.24) is 0 Å². The highest BCUT2D eigenvalue weighted by atomic mass is 16.3. The number of allylic oxidation sites excluding steroid dienone is 8. The normalized spacial score (nSPS) is 27.0. The summed E-state index contributed by atoms with van der Waals surface area (Å²) in [5, 5.41) is 34.9. The van der Waals surface area contributed by atoms with Crippen molar-refractivity contribution in [2.45, 2.75) is 99.5 Å². The van der Waals surface area contributed by atoms with Gasteiger partial charge in [0, 0.05) is 17.4 Å². The Morgan fingerprint density at radius 1 is 1.11 bits per heavy atom. The minimum Gasteiger partial charge on any atom is -0.511 e. The second-order valence-corrected chi connectivity index (χ2v) is 11.8. The fraction of sp³-hybridized carbons (Fsp3) is 0.613. The second kappa shape index (κ2) is 11.3. The molecule has 1 saturated carbocycles. The van der Waals surface area contributed by atoms with Crippen LogP contribution in [0.15, 0.2) is 58.1 Å². The van der Waals surface area contributed by atoms with E-state index in [0.29, 0.717) is 19.3 Å². The van der Waals surface area contributed by atoms with Crippen LogP contribution in [0.5, 0.6) is 0 Å². The van der Waals surface area contributed by atoms with Crippen molar-refractivity contribution in [2.75, 3.05) is 0 Å². The Labute approximate surface area is 217 Å². The highest BCUT2D eigenvalue weighted by molar-refractivity contribution is 6.25. The summed E-state index contributed by atoms with van der Waals surface area (Å²) in [5.74, 6) is -2.69. The maximum absolute atomic E-state index is 14.1. The monoisotopic (exact) mass is 498 g/mol. The van der Waals surface area contributed by atoms with Crippen LogP contribution in [0.2, 0.25) is 0 Å². The van der Waals surface area contributed by atoms with Crippen molar-refractivity contribution in [1.29, 1.82) is 0 Å². The van der Waals surface area contributed by atoms with Crippen LogP contribution in [0.4, 0.5) is 0 Å². The number of carbonyl (C=O) groups is 2. The molecule has 2 aliphatic carbocycles. The van der Waals surface area contributed by atoms with E-state index in [1.54, 1.807) is 13.8 Å². The zero-order chi connectivity index (χ0) is 27.6. The van der Waals surface area contributed by atoms with E-state index in [2.05, 4.69) is 6.58 Å². The molecule has 0 saturated heterocycles. The van der Waals surface area contributed by atoms with E-state index in [0.717, 1.165) is 23.1 Å². The van der Waals surface area contributed by atoms with E-state index in [4.69, 9.17) is 0 Å². The molecule has 0 heterocycles. The van der Waals surface area contributed by atoms with Gasteiger partial charge in [0.1, 0.15) is 17.1 Å². The van der Waals surface area contributed by atoms with Gasteiger partial charge < -0.3 is 15.3 Å². The molecule has 36 heavy (non-hydrogen) atoms. The molecule has 0 amide bonds. The van der Waals surface area contributed by atoms with Crippen LogP contribution in [0.1, 0.15) is 93.9 Å². The van der Waals surface area contributed by atoms with E-state index < -0.39 is 40.2 Å². The molecule has 1 fully saturated rings. The molecule has 0 aliphatic heterocycles. The number of carbonyl (C=O) groups excluding carboxylic acids is 2. The van der Waals surface area contributed by atoms with E-state index in [9.17, 15) is 24.9 Å². The van der Waals surface area contributed by atoms with Gasteiger partial charge in [-0.15, -0.1) is 0 Å². The van der Waals surface area contributed by atoms with Gasteiger partial charge in [-0.2, -0.15) is 0 Å². The molecule has 0 aromatic heterocycles. The SMILES string of the molecule is C=C(C)C1CCC(C)(O)C(C2=C(O)C(CC=C(C)C)(CC=C(C)C)C(=O)C(C(=O)C(C)CC)=C2O)C1. The van der Waals surface area contributed by atoms with Gasteiger partial charge in [0.25, 0.3) is 0 Å². The Morgan fingerprint density at radius 2 is 1.64 bits per heavy atom. The molecular weight excluding hydrogens is 452 g/mol. The van der Waals surface area contributed by atoms with Gasteiger partial charge in [0.15, 0.2) is 11.6 Å². The highest BCUT2D eigenvalue weighted by Crippen LogP contribution is 2.53. The number of hydrogen-bond acceptors (Lipinski definition) is 5. The van der Waals surface area contributed by atoms with Crippen molar-refractivity contribution in [2.24, 2.45) is 23.2 Å². The Kier molecular flexibility index (Phi) is 9.39. The lowest BCUT2D eigenvalue weighted by Crippen LogP contribution is -2.47. The first kappa shape index (κ1) is 29.8. The molecule has 3 N–H and O–H groups in total. The van der Waals surface area contributed by atoms with Crippen molar-refractivity contribution in [3.63, 3.8) is 0 Å². The Hall–Kier alpha value is -2.40. The molecule has 2 rings (SSSR count). The summed E-state index contributed by atoms with van der Waals surface area (Å²) in [6.45, 7) is 19.1. The molecule has 200 valence electrons. The van der Waals surface area contributed by atoms with Crippen LogP contribution in [0, 0.1) is 23.2 Å². The summed E-state index contributed by atoms with van der Waals surface area (Å²) in [5.41, 5.74) is 0.176. The molecule has 5 heteroatoms. The van der Waals surface area contributed by atoms with E-state index in [1.807, 2.05) is 53.7 Å². The Morgan fingerprint density at radius 3 is 2.08 bits per heavy atom. The lowest BCUT2D eigenvalue weighted by molar-refractivity contribution is -0.129. The summed E-state index contributed by atoms with van der Waals surface area (Å²) >= 11 is 0. The third-order valence-electron chi connectivity index (χ3n) is 8.20. The molecule has 0 bridgehead atoms. The average molecular weight is 499 g/mol. The fourth-order valence-electron chi connectivity index (χ4n) is 5.34. The first-order valence-corrected chi connectivity index (χ1v) is 13.2. The van der Waals surface area contributed by atoms with Crippen LogP contribution >= 0.6 is 0 Å². The van der Waals surface area contributed by atoms with Gasteiger partial charge in [0.05, 0.1) is 11.0 Å². The Bertz CT molecular complexity index is 1010. The molecule has 4 atom stereocenters. The Balaban J connectivity index is 2.94. The van der Waals surface area contributed by atoms with Gasteiger partial charge in [-0.25, -0.2) is 0 Å². The van der Waals surface area contributed by atoms with E-state index in [1.165, 1.54) is 0 Å². The molecule has 0 aromatic carbocycles. The first-order valence-electron chi connectivity index (χ1n) is 13.2. The minimum atomic E-state index is -1.43. The predicted octanol–water partition coefficient (Wildman–Crippen LogP) is 7.25. The number of ketones is 2. The largest absolute Gasteiger partial charge is 0.511 e. The number of aliphatic hydroxyl groups excluding tert-OH is 2. The standard InChI is InChI=1S/C31H46O5/c1-10-21(8)26(32)25-27(33)24(23-17-22(20(6)7)13-14-30(23,9)36)28(34)31(29(25)35,15-11-18(2)3)16-12-19(4)5/h11-12,21-23,33-34,36H,6,10,13-17H2,1-5,7-9H3. The number of Topliss-reactive ketones (excluding diaryl/α,β-unsaturated/α-hetero) is 2. The van der Waals surface area contributed by atoms with Crippen LogP contribution in [0.3, 0.4) is 0 Å². The smallest absolute Gasteiger partial charge is 0.184 e. The second-order valence-electron chi connectivity index (χ2n) is 11.8. The third kappa shape index (κ3) is 5.77. The molecule has 4 unspecified atom stereocenters. The van der Waals surface area contributed by atoms with Gasteiger partial charge in [-0.05, 0) is 86.0 Å². The molecule has 5 nitrogen and oxygen atoms in total. The van der Waals surface area contributed by atoms with Gasteiger partial charge in [0.2, 0.25) is 0 Å². The van der Waals surface area contributed by atoms with E-state index >= 15 is 0 Å². The van der Waals surface area contributed by atoms with Crippen LogP contribution in [0.25, 0.3) is 0 Å². The summed E-state index contributed by atoms with van der Waals surface area (Å²) in [4.78, 5) is 27.7. The topological polar surface area (TPSA) is 94.8 Å². The van der Waals surface area contributed by atoms with Crippen molar-refractivity contribution >= 4 is 11.6 Å². The zero-order valence-corrected chi connectivity index (χ0v) is 23.5. The lowest BCUT2D eigenvalue weighted by Gasteiger charge is -2.45. The quantitative estimate of drug-likeness (QED) is 0.230. The fourth-order valence-corrected chi connectivity index (χ4v) is 5.34. The van der Waals surface area contributed by atoms with Gasteiger partial charge >= 0.3 is 0 Å². The summed E-state index contributed by atoms with van der Waals surface area (Å²) in [7, 11) is 0. The van der Waals surface area contributed by atoms with Crippen LogP contribution in [-0.2, 0) is 9.59 Å². The molecule has 0 radical (unpaired) electrons. The molecule has 2 aliphatic rings. The summed E-state index contributed by atoms with van der Waals surface area (Å²) < 4.78 is 0. The average Bonchev–Trinajstić information content (AvgIpc) is 2.78. The minimum absolute atomic E-state index is 0.0969. The molecule has 0 spiro atoms. The summed E-state index contributed by atoms with van der Waals surface area (Å²) in [6.07, 6.45) is 6.36. The van der Waals surface area contributed by atoms with Gasteiger partial charge in [-0.3, -0.25) is 9.59 Å². The number of rotatable bonds is 9. The van der Waals surface area contributed by atoms with Crippen LogP contribution < -0.4 is 0 Å². The predicted molar refractivity (Wildman–Crippen MR) is 146 cm³/mol. The lowest BCUT2D eigenvalue weighted by atomic mass is 9.60. The van der Waals surface area contributed by atoms with Crippen molar-refractivity contribution in [3.8, 4) is 0 Å². The maximum Gasteiger partial charge on any atom is 0.184 e. The van der Waals surface area contributed by atoms with Crippen molar-refractivity contribution in [3.05, 3.63) is 58.1 Å². The van der Waals surface area contributed by atoms with Gasteiger partial charge in [-0.1, -0.05) is 49.3 Å². The maximum atomic E-state index is 14.1. The van der Waals surface area contributed by atoms with E-state index in [-0.39, 0.29) is 35.7 Å². The number of hydrogen-bond donors (Lipinski definition) is 3. The molecule has 0 aromatic rings. The first-order chi connectivity index (χ1) is 16.6. The molecular formula is C31H46O5. The van der Waals surface area contributed by atoms with Crippen LogP contribution in [-0.4, -0.2) is 32.5 Å². The third-order valence-corrected chi connectivity index (χ3v) is 8.20. The zero-order valence-electron chi connectivity index (χ0n) is 23.5.